The Morgan fingerprint density at radius 2 is 2.16 bits per heavy atom. The first-order valence-electron chi connectivity index (χ1n) is 5.45. The average Bonchev–Trinajstić information content (AvgIpc) is 2.84. The largest absolute Gasteiger partial charge is 0.336 e. The van der Waals surface area contributed by atoms with Gasteiger partial charge in [0.2, 0.25) is 0 Å². The quantitative estimate of drug-likeness (QED) is 0.732. The van der Waals surface area contributed by atoms with Crippen LogP contribution in [0, 0.1) is 6.92 Å². The Morgan fingerprint density at radius 1 is 1.32 bits per heavy atom. The number of hydrogen-bond donors (Lipinski definition) is 1. The number of halogens is 2. The number of fused-ring (bicyclic) bond motifs is 1. The van der Waals surface area contributed by atoms with Crippen LogP contribution in [0.4, 0.5) is 11.5 Å². The van der Waals surface area contributed by atoms with Crippen molar-refractivity contribution in [1.29, 1.82) is 0 Å². The molecule has 0 bridgehead atoms. The fourth-order valence-electron chi connectivity index (χ4n) is 1.69. The van der Waals surface area contributed by atoms with Crippen molar-refractivity contribution in [3.63, 3.8) is 0 Å². The van der Waals surface area contributed by atoms with Crippen LogP contribution in [0.1, 0.15) is 5.56 Å². The van der Waals surface area contributed by atoms with Crippen molar-refractivity contribution in [2.24, 2.45) is 0 Å². The zero-order chi connectivity index (χ0) is 13.4. The molecule has 3 rings (SSSR count). The summed E-state index contributed by atoms with van der Waals surface area (Å²) in [6.45, 7) is 1.99. The summed E-state index contributed by atoms with van der Waals surface area (Å²) < 4.78 is 9.34. The van der Waals surface area contributed by atoms with Crippen molar-refractivity contribution >= 4 is 61.8 Å². The second-order valence-electron chi connectivity index (χ2n) is 4.02. The fraction of sp³-hybridized carbons (Fsp3) is 0.0833. The Labute approximate surface area is 127 Å². The molecule has 0 amide bonds. The Kier molecular flexibility index (Phi) is 3.38. The molecular weight excluding hydrogens is 348 g/mol. The number of pyridine rings is 1. The predicted octanol–water partition coefficient (Wildman–Crippen LogP) is 4.55. The molecule has 0 saturated carbocycles. The van der Waals surface area contributed by atoms with Crippen LogP contribution in [-0.4, -0.2) is 13.7 Å². The molecule has 0 radical (unpaired) electrons. The van der Waals surface area contributed by atoms with Crippen LogP contribution in [0.5, 0.6) is 0 Å². The van der Waals surface area contributed by atoms with E-state index in [2.05, 4.69) is 35.0 Å². The summed E-state index contributed by atoms with van der Waals surface area (Å²) in [6.07, 6.45) is 1.79. The van der Waals surface area contributed by atoms with Gasteiger partial charge in [-0.05, 0) is 46.6 Å². The van der Waals surface area contributed by atoms with Crippen molar-refractivity contribution in [3.05, 3.63) is 39.5 Å². The molecule has 0 aliphatic carbocycles. The summed E-state index contributed by atoms with van der Waals surface area (Å²) in [5.74, 6) is 0.702. The van der Waals surface area contributed by atoms with Crippen LogP contribution in [0.15, 0.2) is 28.9 Å². The van der Waals surface area contributed by atoms with E-state index < -0.39 is 0 Å². The number of anilines is 2. The molecule has 1 aromatic carbocycles. The molecule has 1 N–H and O–H groups in total. The van der Waals surface area contributed by atoms with E-state index in [-0.39, 0.29) is 0 Å². The van der Waals surface area contributed by atoms with Gasteiger partial charge in [0.05, 0.1) is 26.9 Å². The molecule has 0 unspecified atom stereocenters. The molecule has 4 nitrogen and oxygen atoms in total. The van der Waals surface area contributed by atoms with Crippen molar-refractivity contribution < 1.29 is 0 Å². The minimum absolute atomic E-state index is 0.592. The second kappa shape index (κ2) is 5.03. The number of aryl methyl sites for hydroxylation is 1. The highest BCUT2D eigenvalue weighted by Crippen LogP contribution is 2.34. The monoisotopic (exact) mass is 354 g/mol. The molecular formula is C12H8BrClN4S. The maximum atomic E-state index is 6.22. The minimum atomic E-state index is 0.592. The SMILES string of the molecule is Cc1cnc(Nc2c(Cl)ccc3nsnc23)c(Br)c1. The van der Waals surface area contributed by atoms with Gasteiger partial charge in [0, 0.05) is 6.20 Å². The summed E-state index contributed by atoms with van der Waals surface area (Å²) in [5.41, 5.74) is 3.38. The van der Waals surface area contributed by atoms with Gasteiger partial charge < -0.3 is 5.32 Å². The van der Waals surface area contributed by atoms with Crippen molar-refractivity contribution in [2.45, 2.75) is 6.92 Å². The molecule has 0 atom stereocenters. The third kappa shape index (κ3) is 2.43. The molecule has 2 heterocycles. The predicted molar refractivity (Wildman–Crippen MR) is 82.4 cm³/mol. The first kappa shape index (κ1) is 12.8. The van der Waals surface area contributed by atoms with Gasteiger partial charge in [-0.15, -0.1) is 0 Å². The topological polar surface area (TPSA) is 50.7 Å². The Bertz CT molecular complexity index is 759. The lowest BCUT2D eigenvalue weighted by Crippen LogP contribution is -1.97. The third-order valence-electron chi connectivity index (χ3n) is 2.60. The van der Waals surface area contributed by atoms with Crippen LogP contribution < -0.4 is 5.32 Å². The molecule has 2 aromatic heterocycles. The molecule has 3 aromatic rings. The lowest BCUT2D eigenvalue weighted by Gasteiger charge is -2.10. The standard InChI is InChI=1S/C12H8BrClN4S/c1-6-4-7(13)12(15-5-6)16-10-8(14)2-3-9-11(10)18-19-17-9/h2-5H,1H3,(H,15,16). The molecule has 0 aliphatic heterocycles. The van der Waals surface area contributed by atoms with E-state index in [0.29, 0.717) is 10.8 Å². The maximum absolute atomic E-state index is 6.22. The van der Waals surface area contributed by atoms with E-state index >= 15 is 0 Å². The smallest absolute Gasteiger partial charge is 0.144 e. The van der Waals surface area contributed by atoms with Gasteiger partial charge in [0.15, 0.2) is 0 Å². The molecule has 0 spiro atoms. The van der Waals surface area contributed by atoms with E-state index in [9.17, 15) is 0 Å². The zero-order valence-electron chi connectivity index (χ0n) is 9.82. The summed E-state index contributed by atoms with van der Waals surface area (Å²) in [6, 6.07) is 5.64. The van der Waals surface area contributed by atoms with Crippen molar-refractivity contribution in [3.8, 4) is 0 Å². The molecule has 7 heteroatoms. The first-order valence-corrected chi connectivity index (χ1v) is 7.35. The van der Waals surface area contributed by atoms with Crippen LogP contribution in [0.3, 0.4) is 0 Å². The molecule has 0 aliphatic rings. The van der Waals surface area contributed by atoms with E-state index in [1.807, 2.05) is 19.1 Å². The Morgan fingerprint density at radius 3 is 2.95 bits per heavy atom. The van der Waals surface area contributed by atoms with Gasteiger partial charge in [-0.25, -0.2) is 4.98 Å². The van der Waals surface area contributed by atoms with Crippen molar-refractivity contribution in [2.75, 3.05) is 5.32 Å². The normalized spacial score (nSPS) is 10.9. The molecule has 0 saturated heterocycles. The van der Waals surface area contributed by atoms with Crippen LogP contribution in [-0.2, 0) is 0 Å². The summed E-state index contributed by atoms with van der Waals surface area (Å²) >= 11 is 10.9. The van der Waals surface area contributed by atoms with Gasteiger partial charge in [0.25, 0.3) is 0 Å². The van der Waals surface area contributed by atoms with Crippen LogP contribution in [0.25, 0.3) is 11.0 Å². The van der Waals surface area contributed by atoms with E-state index in [4.69, 9.17) is 11.6 Å². The lowest BCUT2D eigenvalue weighted by atomic mass is 10.2. The lowest BCUT2D eigenvalue weighted by molar-refractivity contribution is 1.24. The number of nitrogens with one attached hydrogen (secondary N) is 1. The molecule has 0 fully saturated rings. The average molecular weight is 356 g/mol. The van der Waals surface area contributed by atoms with Gasteiger partial charge in [0.1, 0.15) is 16.9 Å². The van der Waals surface area contributed by atoms with E-state index in [1.54, 1.807) is 12.3 Å². The fourth-order valence-corrected chi connectivity index (χ4v) is 2.99. The highest BCUT2D eigenvalue weighted by atomic mass is 79.9. The van der Waals surface area contributed by atoms with Gasteiger partial charge in [-0.3, -0.25) is 0 Å². The first-order chi connectivity index (χ1) is 9.15. The minimum Gasteiger partial charge on any atom is -0.336 e. The Balaban J connectivity index is 2.10. The number of benzene rings is 1. The third-order valence-corrected chi connectivity index (χ3v) is 4.06. The highest BCUT2D eigenvalue weighted by Gasteiger charge is 2.12. The molecule has 96 valence electrons. The number of hydrogen-bond acceptors (Lipinski definition) is 5. The van der Waals surface area contributed by atoms with Gasteiger partial charge in [-0.1, -0.05) is 11.6 Å². The maximum Gasteiger partial charge on any atom is 0.144 e. The van der Waals surface area contributed by atoms with E-state index in [0.717, 1.165) is 38.5 Å². The number of rotatable bonds is 2. The van der Waals surface area contributed by atoms with Gasteiger partial charge >= 0.3 is 0 Å². The number of aromatic nitrogens is 3. The summed E-state index contributed by atoms with van der Waals surface area (Å²) in [5, 5.41) is 3.80. The molecule has 19 heavy (non-hydrogen) atoms. The zero-order valence-corrected chi connectivity index (χ0v) is 13.0. The van der Waals surface area contributed by atoms with E-state index in [1.165, 1.54) is 0 Å². The Hall–Kier alpha value is -1.24. The van der Waals surface area contributed by atoms with Crippen LogP contribution >= 0.6 is 39.3 Å². The summed E-state index contributed by atoms with van der Waals surface area (Å²) in [4.78, 5) is 4.34. The highest BCUT2D eigenvalue weighted by molar-refractivity contribution is 9.10. The van der Waals surface area contributed by atoms with Crippen LogP contribution in [0.2, 0.25) is 5.02 Å². The van der Waals surface area contributed by atoms with Gasteiger partial charge in [-0.2, -0.15) is 8.75 Å². The summed E-state index contributed by atoms with van der Waals surface area (Å²) in [7, 11) is 0. The van der Waals surface area contributed by atoms with Crippen molar-refractivity contribution in [1.82, 2.24) is 13.7 Å². The number of nitrogens with zero attached hydrogens (tertiary/aromatic N) is 3. The second-order valence-corrected chi connectivity index (χ2v) is 5.81.